The number of allylic oxidation sites excluding steroid dienone is 6. The second kappa shape index (κ2) is 12.9. The molecule has 1 N–H and O–H groups in total. The lowest BCUT2D eigenvalue weighted by atomic mass is 9.95. The van der Waals surface area contributed by atoms with Gasteiger partial charge in [-0.05, 0) is 60.8 Å². The molecule has 0 fully saturated rings. The summed E-state index contributed by atoms with van der Waals surface area (Å²) in [5, 5.41) is 7.82. The number of hydrogen-bond acceptors (Lipinski definition) is 5. The number of fused-ring (bicyclic) bond motifs is 3. The summed E-state index contributed by atoms with van der Waals surface area (Å²) in [7, 11) is -13.1. The molecule has 236 valence electrons. The van der Waals surface area contributed by atoms with Gasteiger partial charge in [-0.15, -0.1) is 0 Å². The third-order valence-corrected chi connectivity index (χ3v) is 10.7. The number of rotatable bonds is 9. The largest absolute Gasteiger partial charge is 0.502 e. The van der Waals surface area contributed by atoms with Gasteiger partial charge in [-0.2, -0.15) is 26.3 Å². The Morgan fingerprint density at radius 3 is 2.00 bits per heavy atom. The summed E-state index contributed by atoms with van der Waals surface area (Å²) in [6.45, 7) is 8.32. The smallest absolute Gasteiger partial charge is 0.299 e. The van der Waals surface area contributed by atoms with Crippen molar-refractivity contribution in [1.29, 1.82) is 5.41 Å². The highest BCUT2D eigenvalue weighted by molar-refractivity contribution is 8.00. The van der Waals surface area contributed by atoms with Crippen molar-refractivity contribution in [2.24, 2.45) is 0 Å². The van der Waals surface area contributed by atoms with Crippen molar-refractivity contribution < 1.29 is 47.7 Å². The number of benzene rings is 1. The SMILES string of the molecule is CCCCCCC[N+]1(CC)C=CC=CC1.N=C1C2=Cc3ccccc3C2=CC(S(=O)(=O)C(F)(F)F)=C1S(=O)(=O)C(F)(F)F. The van der Waals surface area contributed by atoms with Crippen LogP contribution in [0.25, 0.3) is 11.6 Å². The van der Waals surface area contributed by atoms with Crippen LogP contribution in [0.15, 0.2) is 70.2 Å². The summed E-state index contributed by atoms with van der Waals surface area (Å²) in [5.41, 5.74) is -13.9. The van der Waals surface area contributed by atoms with E-state index in [1.165, 1.54) is 80.5 Å². The lowest BCUT2D eigenvalue weighted by Crippen LogP contribution is -2.44. The van der Waals surface area contributed by atoms with Gasteiger partial charge in [-0.1, -0.05) is 56.5 Å². The molecule has 1 aliphatic heterocycles. The molecule has 4 rings (SSSR count). The molecular weight excluding hydrogens is 618 g/mol. The van der Waals surface area contributed by atoms with E-state index in [0.717, 1.165) is 6.08 Å². The van der Waals surface area contributed by atoms with E-state index in [-0.39, 0.29) is 22.8 Å². The van der Waals surface area contributed by atoms with E-state index < -0.39 is 51.8 Å². The zero-order chi connectivity index (χ0) is 32.3. The van der Waals surface area contributed by atoms with Crippen molar-refractivity contribution >= 4 is 37.0 Å². The molecule has 1 aromatic carbocycles. The minimum Gasteiger partial charge on any atom is -0.299 e. The molecule has 2 aliphatic carbocycles. The van der Waals surface area contributed by atoms with Gasteiger partial charge >= 0.3 is 11.0 Å². The van der Waals surface area contributed by atoms with E-state index in [2.05, 4.69) is 38.3 Å². The predicted octanol–water partition coefficient (Wildman–Crippen LogP) is 7.46. The van der Waals surface area contributed by atoms with Crippen LogP contribution >= 0.6 is 0 Å². The third kappa shape index (κ3) is 7.07. The summed E-state index contributed by atoms with van der Waals surface area (Å²) < 4.78 is 127. The van der Waals surface area contributed by atoms with Gasteiger partial charge in [0.05, 0.1) is 29.9 Å². The minimum atomic E-state index is -6.58. The molecule has 3 aliphatic rings. The molecule has 0 saturated carbocycles. The van der Waals surface area contributed by atoms with Crippen LogP contribution in [0, 0.1) is 5.41 Å². The van der Waals surface area contributed by atoms with E-state index in [0.29, 0.717) is 0 Å². The molecule has 0 bridgehead atoms. The second-order valence-electron chi connectivity index (χ2n) is 10.3. The first-order valence-corrected chi connectivity index (χ1v) is 16.6. The zero-order valence-electron chi connectivity index (χ0n) is 23.6. The van der Waals surface area contributed by atoms with Gasteiger partial charge < -0.3 is 0 Å². The summed E-state index contributed by atoms with van der Waals surface area (Å²) in [6, 6.07) is 5.69. The Labute approximate surface area is 247 Å². The normalized spacial score (nSPS) is 20.2. The van der Waals surface area contributed by atoms with Crippen LogP contribution in [0.3, 0.4) is 0 Å². The first kappa shape index (κ1) is 34.5. The van der Waals surface area contributed by atoms with Gasteiger partial charge in [0.25, 0.3) is 19.7 Å². The van der Waals surface area contributed by atoms with Crippen molar-refractivity contribution in [3.05, 3.63) is 81.3 Å². The number of halogens is 6. The maximum absolute atomic E-state index is 13.0. The molecule has 1 atom stereocenters. The highest BCUT2D eigenvalue weighted by Gasteiger charge is 2.57. The molecule has 0 saturated heterocycles. The minimum absolute atomic E-state index is 0.153. The Kier molecular flexibility index (Phi) is 10.4. The summed E-state index contributed by atoms with van der Waals surface area (Å²) >= 11 is 0. The van der Waals surface area contributed by atoms with Gasteiger partial charge in [-0.25, -0.2) is 16.8 Å². The van der Waals surface area contributed by atoms with Gasteiger partial charge in [0, 0.05) is 5.57 Å². The van der Waals surface area contributed by atoms with Gasteiger partial charge in [0.15, 0.2) is 0 Å². The second-order valence-corrected chi connectivity index (χ2v) is 14.1. The monoisotopic (exact) mass is 651 g/mol. The Hall–Kier alpha value is -2.97. The van der Waals surface area contributed by atoms with Gasteiger partial charge in [0.1, 0.15) is 11.4 Å². The number of likely N-dealkylation sites (N-methyl/N-ethyl adjacent to an activating group) is 1. The number of nitrogens with one attached hydrogen (secondary N) is 1. The summed E-state index contributed by atoms with van der Waals surface area (Å²) in [4.78, 5) is -4.38. The van der Waals surface area contributed by atoms with Crippen LogP contribution in [-0.4, -0.2) is 57.7 Å². The lowest BCUT2D eigenvalue weighted by molar-refractivity contribution is -0.872. The van der Waals surface area contributed by atoms with Crippen LogP contribution in [0.1, 0.15) is 57.1 Å². The third-order valence-electron chi connectivity index (χ3n) is 7.46. The molecule has 6 nitrogen and oxygen atoms in total. The summed E-state index contributed by atoms with van der Waals surface area (Å²) in [6.07, 6.45) is 17.3. The van der Waals surface area contributed by atoms with E-state index in [1.54, 1.807) is 0 Å². The molecule has 0 radical (unpaired) electrons. The average Bonchev–Trinajstić information content (AvgIpc) is 3.31. The van der Waals surface area contributed by atoms with Crippen LogP contribution in [0.2, 0.25) is 0 Å². The van der Waals surface area contributed by atoms with Crippen LogP contribution in [0.5, 0.6) is 0 Å². The van der Waals surface area contributed by atoms with E-state index in [4.69, 9.17) is 5.41 Å². The van der Waals surface area contributed by atoms with Crippen LogP contribution < -0.4 is 0 Å². The number of alkyl halides is 6. The molecular formula is C29H33F6N2O4S2+. The standard InChI is InChI=1S/C15H7F6NO4S2.C14H26N/c16-14(17,18)27(23,24)11-6-9-8-4-2-1-3-7(8)5-10(9)12(22)13(11)28(25,26)15(19,20)21;1-3-5-6-7-9-12-15(4-2)13-10-8-11-14-15/h1-6,22H;8,10-11,13H,3-7,9,12,14H2,1-2H3/q;+1. The van der Waals surface area contributed by atoms with E-state index in [9.17, 15) is 43.2 Å². The maximum Gasteiger partial charge on any atom is 0.502 e. The highest BCUT2D eigenvalue weighted by atomic mass is 32.2. The van der Waals surface area contributed by atoms with Crippen molar-refractivity contribution in [2.45, 2.75) is 57.0 Å². The van der Waals surface area contributed by atoms with Crippen LogP contribution in [-0.2, 0) is 19.7 Å². The first-order chi connectivity index (χ1) is 19.9. The number of nitrogens with zero attached hydrogens (tertiary/aromatic N) is 1. The molecule has 0 spiro atoms. The predicted molar refractivity (Wildman–Crippen MR) is 155 cm³/mol. The number of unbranched alkanes of at least 4 members (excludes halogenated alkanes) is 4. The molecule has 1 aromatic rings. The molecule has 0 amide bonds. The Morgan fingerprint density at radius 1 is 0.814 bits per heavy atom. The Bertz CT molecular complexity index is 1620. The fourth-order valence-electron chi connectivity index (χ4n) is 4.99. The zero-order valence-corrected chi connectivity index (χ0v) is 25.2. The first-order valence-electron chi connectivity index (χ1n) is 13.6. The molecule has 14 heteroatoms. The van der Waals surface area contributed by atoms with Crippen molar-refractivity contribution in [2.75, 3.05) is 19.6 Å². The van der Waals surface area contributed by atoms with Crippen LogP contribution in [0.4, 0.5) is 26.3 Å². The van der Waals surface area contributed by atoms with Gasteiger partial charge in [-0.3, -0.25) is 9.89 Å². The van der Waals surface area contributed by atoms with Crippen molar-refractivity contribution in [3.8, 4) is 0 Å². The molecule has 1 unspecified atom stereocenters. The number of hydrogen-bond donors (Lipinski definition) is 1. The molecule has 0 aromatic heterocycles. The summed E-state index contributed by atoms with van der Waals surface area (Å²) in [5.74, 6) is 0. The topological polar surface area (TPSA) is 92.1 Å². The lowest BCUT2D eigenvalue weighted by Gasteiger charge is -2.34. The van der Waals surface area contributed by atoms with E-state index >= 15 is 0 Å². The molecule has 1 heterocycles. The van der Waals surface area contributed by atoms with Crippen molar-refractivity contribution in [3.63, 3.8) is 0 Å². The highest BCUT2D eigenvalue weighted by Crippen LogP contribution is 2.47. The quantitative estimate of drug-likeness (QED) is 0.171. The number of quaternary nitrogens is 1. The fraction of sp³-hybridized carbons (Fsp3) is 0.414. The van der Waals surface area contributed by atoms with E-state index in [1.807, 2.05) is 0 Å². The Balaban J connectivity index is 0.000000285. The molecule has 43 heavy (non-hydrogen) atoms. The average molecular weight is 652 g/mol. The maximum atomic E-state index is 13.0. The number of sulfone groups is 2. The Morgan fingerprint density at radius 2 is 1.44 bits per heavy atom. The van der Waals surface area contributed by atoms with Gasteiger partial charge in [0.2, 0.25) is 0 Å². The fourth-order valence-corrected chi connectivity index (χ4v) is 7.45. The van der Waals surface area contributed by atoms with Crippen molar-refractivity contribution in [1.82, 2.24) is 0 Å².